The number of nitrogens with two attached hydrogens (primary N) is 1. The van der Waals surface area contributed by atoms with E-state index in [1.165, 1.54) is 0 Å². The molecule has 0 saturated heterocycles. The molecule has 0 heterocycles. The summed E-state index contributed by atoms with van der Waals surface area (Å²) in [5.74, 6) is 2.32. The second-order valence-electron chi connectivity index (χ2n) is 6.65. The van der Waals surface area contributed by atoms with Gasteiger partial charge in [0.05, 0.1) is 13.2 Å². The van der Waals surface area contributed by atoms with Crippen molar-refractivity contribution in [2.75, 3.05) is 33.4 Å². The van der Waals surface area contributed by atoms with Gasteiger partial charge in [-0.3, -0.25) is 9.79 Å². The van der Waals surface area contributed by atoms with Gasteiger partial charge in [-0.1, -0.05) is 18.2 Å². The number of halogens is 1. The molecule has 9 heteroatoms. The molecule has 8 nitrogen and oxygen atoms in total. The number of ether oxygens (including phenoxy) is 3. The van der Waals surface area contributed by atoms with Gasteiger partial charge in [0.2, 0.25) is 0 Å². The number of nitrogens with one attached hydrogen (secondary N) is 2. The molecule has 0 aromatic heterocycles. The Hall–Kier alpha value is -2.69. The highest BCUT2D eigenvalue weighted by molar-refractivity contribution is 14.0. The van der Waals surface area contributed by atoms with E-state index in [0.717, 1.165) is 29.0 Å². The molecule has 0 spiro atoms. The van der Waals surface area contributed by atoms with Crippen molar-refractivity contribution in [3.05, 3.63) is 53.6 Å². The number of guanidine groups is 1. The summed E-state index contributed by atoms with van der Waals surface area (Å²) in [5.41, 5.74) is 7.26. The number of benzene rings is 2. The topological polar surface area (TPSA) is 107 Å². The number of carbonyl (C=O) groups excluding carboxylic acids is 1. The van der Waals surface area contributed by atoms with Crippen LogP contribution in [0.4, 0.5) is 0 Å². The zero-order valence-electron chi connectivity index (χ0n) is 18.8. The quantitative estimate of drug-likeness (QED) is 0.211. The molecule has 0 atom stereocenters. The average molecular weight is 556 g/mol. The predicted molar refractivity (Wildman–Crippen MR) is 137 cm³/mol. The second kappa shape index (κ2) is 15.2. The summed E-state index contributed by atoms with van der Waals surface area (Å²) in [5, 5.41) is 6.58. The van der Waals surface area contributed by atoms with Crippen LogP contribution in [0.2, 0.25) is 0 Å². The Kier molecular flexibility index (Phi) is 13.0. The van der Waals surface area contributed by atoms with Crippen molar-refractivity contribution >= 4 is 35.8 Å². The van der Waals surface area contributed by atoms with Gasteiger partial charge in [-0.15, -0.1) is 24.0 Å². The van der Waals surface area contributed by atoms with Crippen molar-refractivity contribution in [2.45, 2.75) is 26.8 Å². The maximum Gasteiger partial charge on any atom is 0.255 e. The Balaban J connectivity index is 0.00000512. The maximum absolute atomic E-state index is 10.9. The van der Waals surface area contributed by atoms with Gasteiger partial charge in [0.1, 0.15) is 5.75 Å². The third kappa shape index (κ3) is 9.63. The Bertz CT molecular complexity index is 877. The fraction of sp³-hybridized carbons (Fsp3) is 0.391. The first-order valence-electron chi connectivity index (χ1n) is 10.4. The maximum atomic E-state index is 10.9. The monoisotopic (exact) mass is 556 g/mol. The van der Waals surface area contributed by atoms with E-state index in [4.69, 9.17) is 19.9 Å². The Morgan fingerprint density at radius 1 is 0.969 bits per heavy atom. The van der Waals surface area contributed by atoms with Gasteiger partial charge in [0.15, 0.2) is 24.1 Å². The normalized spacial score (nSPS) is 10.7. The number of hydrogen-bond acceptors (Lipinski definition) is 5. The summed E-state index contributed by atoms with van der Waals surface area (Å²) >= 11 is 0. The summed E-state index contributed by atoms with van der Waals surface area (Å²) in [4.78, 5) is 15.1. The Morgan fingerprint density at radius 3 is 2.41 bits per heavy atom. The largest absolute Gasteiger partial charge is 0.490 e. The van der Waals surface area contributed by atoms with Crippen LogP contribution in [0.1, 0.15) is 25.0 Å². The summed E-state index contributed by atoms with van der Waals surface area (Å²) in [6.07, 6.45) is 0.809. The second-order valence-corrected chi connectivity index (χ2v) is 6.65. The van der Waals surface area contributed by atoms with Crippen LogP contribution < -0.4 is 30.6 Å². The molecule has 4 N–H and O–H groups in total. The van der Waals surface area contributed by atoms with Crippen LogP contribution in [0.3, 0.4) is 0 Å². The van der Waals surface area contributed by atoms with E-state index in [1.54, 1.807) is 13.1 Å². The Morgan fingerprint density at radius 2 is 1.72 bits per heavy atom. The number of carbonyl (C=O) groups is 1. The van der Waals surface area contributed by atoms with Crippen LogP contribution in [-0.2, 0) is 17.8 Å². The van der Waals surface area contributed by atoms with Gasteiger partial charge in [0.25, 0.3) is 5.91 Å². The van der Waals surface area contributed by atoms with Crippen LogP contribution in [0.25, 0.3) is 0 Å². The SMILES string of the molecule is CCOc1ccc(CCNC(=NC)NCc2cccc(OCC(N)=O)c2)cc1OCC.I. The number of aliphatic imine (C=N–C) groups is 1. The van der Waals surface area contributed by atoms with Gasteiger partial charge in [0, 0.05) is 20.1 Å². The fourth-order valence-electron chi connectivity index (χ4n) is 2.88. The van der Waals surface area contributed by atoms with Crippen LogP contribution in [0.5, 0.6) is 17.2 Å². The predicted octanol–water partition coefficient (Wildman–Crippen LogP) is 2.87. The molecule has 2 rings (SSSR count). The van der Waals surface area contributed by atoms with Crippen LogP contribution >= 0.6 is 24.0 Å². The van der Waals surface area contributed by atoms with E-state index in [9.17, 15) is 4.79 Å². The molecule has 0 fully saturated rings. The lowest BCUT2D eigenvalue weighted by molar-refractivity contribution is -0.119. The van der Waals surface area contributed by atoms with Crippen molar-refractivity contribution in [1.82, 2.24) is 10.6 Å². The molecule has 32 heavy (non-hydrogen) atoms. The number of nitrogens with zero attached hydrogens (tertiary/aromatic N) is 1. The van der Waals surface area contributed by atoms with Crippen LogP contribution in [0.15, 0.2) is 47.5 Å². The fourth-order valence-corrected chi connectivity index (χ4v) is 2.88. The lowest BCUT2D eigenvalue weighted by Crippen LogP contribution is -2.37. The highest BCUT2D eigenvalue weighted by Crippen LogP contribution is 2.28. The minimum absolute atomic E-state index is 0. The summed E-state index contributed by atoms with van der Waals surface area (Å²) in [7, 11) is 1.73. The van der Waals surface area contributed by atoms with E-state index in [-0.39, 0.29) is 30.6 Å². The molecule has 0 aliphatic rings. The molecule has 2 aromatic rings. The van der Waals surface area contributed by atoms with Gasteiger partial charge in [-0.2, -0.15) is 0 Å². The van der Waals surface area contributed by atoms with Crippen molar-refractivity contribution in [3.63, 3.8) is 0 Å². The molecule has 0 saturated carbocycles. The lowest BCUT2D eigenvalue weighted by atomic mass is 10.1. The third-order valence-corrected chi connectivity index (χ3v) is 4.28. The molecule has 0 aliphatic carbocycles. The molecule has 0 bridgehead atoms. The standard InChI is InChI=1S/C23H32N4O4.HI/c1-4-29-20-10-9-17(14-21(20)30-5-2)11-12-26-23(25-3)27-15-18-7-6-8-19(13-18)31-16-22(24)28;/h6-10,13-14H,4-5,11-12,15-16H2,1-3H3,(H2,24,28)(H2,25,26,27);1H. The number of rotatable bonds is 12. The van der Waals surface area contributed by atoms with E-state index < -0.39 is 5.91 Å². The Labute approximate surface area is 206 Å². The van der Waals surface area contributed by atoms with E-state index in [0.29, 0.717) is 38.0 Å². The van der Waals surface area contributed by atoms with Gasteiger partial charge in [-0.05, 0) is 55.7 Å². The first kappa shape index (κ1) is 27.3. The molecule has 0 aliphatic heterocycles. The first-order valence-corrected chi connectivity index (χ1v) is 10.4. The molecular weight excluding hydrogens is 523 g/mol. The van der Waals surface area contributed by atoms with Crippen molar-refractivity contribution in [2.24, 2.45) is 10.7 Å². The van der Waals surface area contributed by atoms with E-state index in [2.05, 4.69) is 15.6 Å². The highest BCUT2D eigenvalue weighted by atomic mass is 127. The third-order valence-electron chi connectivity index (χ3n) is 4.28. The molecular formula is C23H33IN4O4. The zero-order chi connectivity index (χ0) is 22.5. The van der Waals surface area contributed by atoms with E-state index in [1.807, 2.05) is 50.2 Å². The summed E-state index contributed by atoms with van der Waals surface area (Å²) < 4.78 is 16.6. The van der Waals surface area contributed by atoms with Crippen molar-refractivity contribution in [1.29, 1.82) is 0 Å². The molecule has 2 aromatic carbocycles. The van der Waals surface area contributed by atoms with Gasteiger partial charge < -0.3 is 30.6 Å². The summed E-state index contributed by atoms with van der Waals surface area (Å²) in [6.45, 7) is 6.23. The zero-order valence-corrected chi connectivity index (χ0v) is 21.2. The minimum atomic E-state index is -0.506. The lowest BCUT2D eigenvalue weighted by Gasteiger charge is -2.14. The first-order chi connectivity index (χ1) is 15.0. The number of primary amides is 1. The molecule has 1 amide bonds. The van der Waals surface area contributed by atoms with E-state index >= 15 is 0 Å². The average Bonchev–Trinajstić information content (AvgIpc) is 2.77. The molecule has 0 radical (unpaired) electrons. The minimum Gasteiger partial charge on any atom is -0.490 e. The van der Waals surface area contributed by atoms with Crippen molar-refractivity contribution in [3.8, 4) is 17.2 Å². The molecule has 176 valence electrons. The van der Waals surface area contributed by atoms with Gasteiger partial charge >= 0.3 is 0 Å². The number of amides is 1. The molecule has 0 unspecified atom stereocenters. The van der Waals surface area contributed by atoms with Crippen molar-refractivity contribution < 1.29 is 19.0 Å². The number of hydrogen-bond donors (Lipinski definition) is 3. The smallest absolute Gasteiger partial charge is 0.255 e. The van der Waals surface area contributed by atoms with Crippen LogP contribution in [-0.4, -0.2) is 45.3 Å². The highest BCUT2D eigenvalue weighted by Gasteiger charge is 2.07. The van der Waals surface area contributed by atoms with Gasteiger partial charge in [-0.25, -0.2) is 0 Å². The summed E-state index contributed by atoms with van der Waals surface area (Å²) in [6, 6.07) is 13.5. The van der Waals surface area contributed by atoms with Crippen LogP contribution in [0, 0.1) is 0 Å².